The summed E-state index contributed by atoms with van der Waals surface area (Å²) >= 11 is 1.62. The molecule has 1 rings (SSSR count). The Morgan fingerprint density at radius 1 is 1.45 bits per heavy atom. The molecule has 1 aromatic heterocycles. The van der Waals surface area contributed by atoms with Gasteiger partial charge in [0.25, 0.3) is 0 Å². The number of aromatic nitrogens is 1. The minimum Gasteiger partial charge on any atom is -0.375 e. The zero-order chi connectivity index (χ0) is 8.27. The van der Waals surface area contributed by atoms with Gasteiger partial charge in [-0.05, 0) is 12.8 Å². The Labute approximate surface area is 71.5 Å². The molecule has 0 bridgehead atoms. The molecule has 3 heteroatoms. The standard InChI is InChI=1S/C8H14N2S/c1-3-5-6-7(4-2)11-8(9)10-6/h3-5H2,1-2H3,(H2,9,10). The van der Waals surface area contributed by atoms with Gasteiger partial charge in [0, 0.05) is 4.88 Å². The summed E-state index contributed by atoms with van der Waals surface area (Å²) in [7, 11) is 0. The van der Waals surface area contributed by atoms with E-state index in [9.17, 15) is 0 Å². The SMILES string of the molecule is CCCc1nc(N)sc1CC. The zero-order valence-corrected chi connectivity index (χ0v) is 7.87. The molecular weight excluding hydrogens is 156 g/mol. The summed E-state index contributed by atoms with van der Waals surface area (Å²) in [6.45, 7) is 4.31. The van der Waals surface area contributed by atoms with E-state index >= 15 is 0 Å². The lowest BCUT2D eigenvalue weighted by Crippen LogP contribution is -1.89. The van der Waals surface area contributed by atoms with E-state index in [1.165, 1.54) is 10.6 Å². The highest BCUT2D eigenvalue weighted by atomic mass is 32.1. The Balaban J connectivity index is 2.83. The minimum absolute atomic E-state index is 0.713. The Morgan fingerprint density at radius 2 is 2.18 bits per heavy atom. The molecule has 0 radical (unpaired) electrons. The molecule has 0 spiro atoms. The van der Waals surface area contributed by atoms with E-state index in [1.54, 1.807) is 11.3 Å². The first-order chi connectivity index (χ1) is 5.27. The van der Waals surface area contributed by atoms with Crippen molar-refractivity contribution in [3.05, 3.63) is 10.6 Å². The fraction of sp³-hybridized carbons (Fsp3) is 0.625. The van der Waals surface area contributed by atoms with Crippen LogP contribution in [-0.4, -0.2) is 4.98 Å². The van der Waals surface area contributed by atoms with Crippen LogP contribution >= 0.6 is 11.3 Å². The molecule has 0 amide bonds. The molecule has 1 heterocycles. The smallest absolute Gasteiger partial charge is 0.180 e. The molecule has 0 aliphatic rings. The summed E-state index contributed by atoms with van der Waals surface area (Å²) < 4.78 is 0. The first-order valence-electron chi connectivity index (χ1n) is 4.02. The van der Waals surface area contributed by atoms with Crippen molar-refractivity contribution in [2.24, 2.45) is 0 Å². The van der Waals surface area contributed by atoms with Gasteiger partial charge in [0.2, 0.25) is 0 Å². The van der Waals surface area contributed by atoms with Crippen LogP contribution in [0.2, 0.25) is 0 Å². The molecule has 0 aliphatic carbocycles. The van der Waals surface area contributed by atoms with Crippen LogP contribution in [0.5, 0.6) is 0 Å². The molecule has 1 aromatic rings. The van der Waals surface area contributed by atoms with Crippen LogP contribution in [0.1, 0.15) is 30.8 Å². The molecule has 0 unspecified atom stereocenters. The van der Waals surface area contributed by atoms with Crippen molar-refractivity contribution in [3.63, 3.8) is 0 Å². The lowest BCUT2D eigenvalue weighted by molar-refractivity contribution is 0.876. The fourth-order valence-corrected chi connectivity index (χ4v) is 1.93. The average molecular weight is 170 g/mol. The van der Waals surface area contributed by atoms with Crippen molar-refractivity contribution in [2.75, 3.05) is 5.73 Å². The number of thiazole rings is 1. The minimum atomic E-state index is 0.713. The van der Waals surface area contributed by atoms with Crippen molar-refractivity contribution in [3.8, 4) is 0 Å². The number of hydrogen-bond acceptors (Lipinski definition) is 3. The fourth-order valence-electron chi connectivity index (χ4n) is 1.11. The predicted molar refractivity (Wildman–Crippen MR) is 49.9 cm³/mol. The summed E-state index contributed by atoms with van der Waals surface area (Å²) in [5.41, 5.74) is 6.80. The number of nitrogen functional groups attached to an aromatic ring is 1. The Hall–Kier alpha value is -0.570. The molecule has 0 aliphatic heterocycles. The largest absolute Gasteiger partial charge is 0.375 e. The van der Waals surface area contributed by atoms with Crippen molar-refractivity contribution in [1.29, 1.82) is 0 Å². The third-order valence-corrected chi connectivity index (χ3v) is 2.67. The number of hydrogen-bond donors (Lipinski definition) is 1. The second-order valence-electron chi connectivity index (χ2n) is 2.53. The van der Waals surface area contributed by atoms with Crippen molar-refractivity contribution in [1.82, 2.24) is 4.98 Å². The molecule has 0 fully saturated rings. The van der Waals surface area contributed by atoms with Gasteiger partial charge in [-0.25, -0.2) is 4.98 Å². The van der Waals surface area contributed by atoms with Crippen LogP contribution in [0.3, 0.4) is 0 Å². The summed E-state index contributed by atoms with van der Waals surface area (Å²) in [5.74, 6) is 0. The summed E-state index contributed by atoms with van der Waals surface area (Å²) in [4.78, 5) is 5.62. The molecule has 2 N–H and O–H groups in total. The second kappa shape index (κ2) is 3.72. The van der Waals surface area contributed by atoms with Crippen LogP contribution in [0.25, 0.3) is 0 Å². The van der Waals surface area contributed by atoms with Crippen LogP contribution in [0.15, 0.2) is 0 Å². The van der Waals surface area contributed by atoms with Crippen LogP contribution in [-0.2, 0) is 12.8 Å². The van der Waals surface area contributed by atoms with E-state index in [4.69, 9.17) is 5.73 Å². The predicted octanol–water partition coefficient (Wildman–Crippen LogP) is 2.24. The average Bonchev–Trinajstić information content (AvgIpc) is 2.32. The van der Waals surface area contributed by atoms with Crippen LogP contribution in [0, 0.1) is 0 Å². The van der Waals surface area contributed by atoms with Gasteiger partial charge in [-0.2, -0.15) is 0 Å². The topological polar surface area (TPSA) is 38.9 Å². The summed E-state index contributed by atoms with van der Waals surface area (Å²) in [6, 6.07) is 0. The molecule has 2 nitrogen and oxygen atoms in total. The third-order valence-electron chi connectivity index (χ3n) is 1.60. The van der Waals surface area contributed by atoms with Crippen molar-refractivity contribution < 1.29 is 0 Å². The summed E-state index contributed by atoms with van der Waals surface area (Å²) in [5, 5.41) is 0.713. The normalized spacial score (nSPS) is 10.4. The van der Waals surface area contributed by atoms with Crippen molar-refractivity contribution >= 4 is 16.5 Å². The highest BCUT2D eigenvalue weighted by Gasteiger charge is 2.05. The second-order valence-corrected chi connectivity index (χ2v) is 3.64. The van der Waals surface area contributed by atoms with Gasteiger partial charge in [-0.1, -0.05) is 20.3 Å². The first-order valence-corrected chi connectivity index (χ1v) is 4.83. The number of rotatable bonds is 3. The summed E-state index contributed by atoms with van der Waals surface area (Å²) in [6.07, 6.45) is 3.28. The maximum absolute atomic E-state index is 5.59. The lowest BCUT2D eigenvalue weighted by atomic mass is 10.2. The first kappa shape index (κ1) is 8.53. The van der Waals surface area contributed by atoms with Crippen molar-refractivity contribution in [2.45, 2.75) is 33.1 Å². The van der Waals surface area contributed by atoms with E-state index in [2.05, 4.69) is 18.8 Å². The van der Waals surface area contributed by atoms with E-state index in [0.29, 0.717) is 5.13 Å². The van der Waals surface area contributed by atoms with Gasteiger partial charge in [-0.15, -0.1) is 11.3 Å². The number of aryl methyl sites for hydroxylation is 2. The highest BCUT2D eigenvalue weighted by molar-refractivity contribution is 7.15. The van der Waals surface area contributed by atoms with E-state index in [0.717, 1.165) is 19.3 Å². The Kier molecular flexibility index (Phi) is 2.88. The van der Waals surface area contributed by atoms with Gasteiger partial charge in [0.1, 0.15) is 0 Å². The zero-order valence-electron chi connectivity index (χ0n) is 7.05. The molecular formula is C8H14N2S. The molecule has 0 saturated heterocycles. The number of nitrogens with zero attached hydrogens (tertiary/aromatic N) is 1. The third kappa shape index (κ3) is 1.93. The van der Waals surface area contributed by atoms with Gasteiger partial charge in [-0.3, -0.25) is 0 Å². The molecule has 62 valence electrons. The van der Waals surface area contributed by atoms with E-state index in [1.807, 2.05) is 0 Å². The number of nitrogens with two attached hydrogens (primary N) is 1. The Morgan fingerprint density at radius 3 is 2.73 bits per heavy atom. The van der Waals surface area contributed by atoms with Crippen LogP contribution in [0.4, 0.5) is 5.13 Å². The molecule has 0 saturated carbocycles. The molecule has 11 heavy (non-hydrogen) atoms. The van der Waals surface area contributed by atoms with Gasteiger partial charge >= 0.3 is 0 Å². The van der Waals surface area contributed by atoms with Gasteiger partial charge < -0.3 is 5.73 Å². The lowest BCUT2D eigenvalue weighted by Gasteiger charge is -1.94. The maximum atomic E-state index is 5.59. The highest BCUT2D eigenvalue weighted by Crippen LogP contribution is 2.21. The monoisotopic (exact) mass is 170 g/mol. The van der Waals surface area contributed by atoms with Gasteiger partial charge in [0.05, 0.1) is 5.69 Å². The van der Waals surface area contributed by atoms with E-state index in [-0.39, 0.29) is 0 Å². The van der Waals surface area contributed by atoms with Gasteiger partial charge in [0.15, 0.2) is 5.13 Å². The molecule has 0 aromatic carbocycles. The maximum Gasteiger partial charge on any atom is 0.180 e. The molecule has 0 atom stereocenters. The quantitative estimate of drug-likeness (QED) is 0.755. The van der Waals surface area contributed by atoms with E-state index < -0.39 is 0 Å². The Bertz CT molecular complexity index is 230. The number of anilines is 1. The van der Waals surface area contributed by atoms with Crippen LogP contribution < -0.4 is 5.73 Å².